The molecular weight excluding hydrogens is 510 g/mol. The van der Waals surface area contributed by atoms with Crippen LogP contribution in [0.5, 0.6) is 11.5 Å². The number of benzene rings is 2. The molecule has 0 aliphatic rings. The van der Waals surface area contributed by atoms with Crippen LogP contribution in [0.15, 0.2) is 52.3 Å². The first-order valence-corrected chi connectivity index (χ1v) is 14.3. The number of ether oxygens (including phenoxy) is 1. The van der Waals surface area contributed by atoms with Crippen molar-refractivity contribution in [1.82, 2.24) is 0 Å². The molecular formula is C24H32Na2O7S2. The summed E-state index contributed by atoms with van der Waals surface area (Å²) in [5.74, 6) is -0.156. The fraction of sp³-hybridized carbons (Fsp3) is 0.500. The van der Waals surface area contributed by atoms with Crippen LogP contribution in [0.3, 0.4) is 0 Å². The van der Waals surface area contributed by atoms with Crippen molar-refractivity contribution < 1.29 is 89.8 Å². The molecule has 0 unspecified atom stereocenters. The van der Waals surface area contributed by atoms with Gasteiger partial charge in [-0.3, -0.25) is 0 Å². The smallest absolute Gasteiger partial charge is 0.744 e. The number of rotatable bonds is 15. The van der Waals surface area contributed by atoms with Crippen LogP contribution in [0.25, 0.3) is 0 Å². The van der Waals surface area contributed by atoms with Crippen LogP contribution in [0.4, 0.5) is 0 Å². The zero-order valence-corrected chi connectivity index (χ0v) is 26.6. The molecule has 0 radical (unpaired) electrons. The Kier molecular flexibility index (Phi) is 17.6. The molecule has 0 spiro atoms. The standard InChI is InChI=1S/C24H34O7S2.2Na/c1-2-3-4-5-6-7-8-9-10-11-15-20-16-12-13-17-21(20)31-22-18-14-19-23(32(25,26)27)24(22)33(28,29)30;;/h12-14,16-19H,2-11,15H2,1H3,(H,25,26,27)(H,28,29,30);;/q;2*+1/p-2. The molecule has 2 aromatic rings. The minimum atomic E-state index is -5.27. The SMILES string of the molecule is CCCCCCCCCCCCc1ccccc1Oc1cccc(S(=O)(=O)[O-])c1S(=O)(=O)[O-].[Na+].[Na+]. The monoisotopic (exact) mass is 542 g/mol. The van der Waals surface area contributed by atoms with E-state index < -0.39 is 35.8 Å². The van der Waals surface area contributed by atoms with E-state index in [9.17, 15) is 25.9 Å². The number of unbranched alkanes of at least 4 members (excludes halogenated alkanes) is 9. The molecule has 11 heteroatoms. The van der Waals surface area contributed by atoms with Crippen LogP contribution in [-0.4, -0.2) is 25.9 Å². The Balaban J connectivity index is 0.00000578. The third-order valence-corrected chi connectivity index (χ3v) is 7.38. The fourth-order valence-corrected chi connectivity index (χ4v) is 5.61. The van der Waals surface area contributed by atoms with E-state index in [2.05, 4.69) is 6.92 Å². The normalized spacial score (nSPS) is 11.4. The Morgan fingerprint density at radius 1 is 0.657 bits per heavy atom. The summed E-state index contributed by atoms with van der Waals surface area (Å²) in [5.41, 5.74) is 0.807. The Labute approximate surface area is 254 Å². The molecule has 0 heterocycles. The summed E-state index contributed by atoms with van der Waals surface area (Å²) >= 11 is 0. The Hall–Kier alpha value is 0.0600. The summed E-state index contributed by atoms with van der Waals surface area (Å²) in [6.07, 6.45) is 12.7. The molecule has 0 saturated heterocycles. The second kappa shape index (κ2) is 17.5. The van der Waals surface area contributed by atoms with Crippen LogP contribution in [-0.2, 0) is 26.7 Å². The predicted molar refractivity (Wildman–Crippen MR) is 124 cm³/mol. The topological polar surface area (TPSA) is 124 Å². The van der Waals surface area contributed by atoms with E-state index in [-0.39, 0.29) is 59.1 Å². The van der Waals surface area contributed by atoms with Gasteiger partial charge in [-0.05, 0) is 36.6 Å². The fourth-order valence-electron chi connectivity index (χ4n) is 3.75. The average molecular weight is 543 g/mol. The third kappa shape index (κ3) is 12.4. The number of hydrogen-bond donors (Lipinski definition) is 0. The van der Waals surface area contributed by atoms with Crippen molar-refractivity contribution in [2.45, 2.75) is 87.3 Å². The zero-order chi connectivity index (χ0) is 24.3. The first-order valence-electron chi connectivity index (χ1n) is 11.4. The van der Waals surface area contributed by atoms with E-state index in [1.807, 2.05) is 12.1 Å². The van der Waals surface area contributed by atoms with Gasteiger partial charge in [0.05, 0.1) is 4.90 Å². The van der Waals surface area contributed by atoms with Crippen LogP contribution in [0.2, 0.25) is 0 Å². The van der Waals surface area contributed by atoms with Gasteiger partial charge in [-0.15, -0.1) is 0 Å². The molecule has 184 valence electrons. The number of hydrogen-bond acceptors (Lipinski definition) is 7. The summed E-state index contributed by atoms with van der Waals surface area (Å²) in [4.78, 5) is -2.27. The maximum atomic E-state index is 11.7. The van der Waals surface area contributed by atoms with Crippen molar-refractivity contribution in [2.75, 3.05) is 0 Å². The van der Waals surface area contributed by atoms with E-state index in [0.717, 1.165) is 37.0 Å². The van der Waals surface area contributed by atoms with E-state index in [1.54, 1.807) is 12.1 Å². The minimum absolute atomic E-state index is 0. The molecule has 0 amide bonds. The Morgan fingerprint density at radius 2 is 1.17 bits per heavy atom. The van der Waals surface area contributed by atoms with E-state index in [1.165, 1.54) is 51.0 Å². The van der Waals surface area contributed by atoms with Gasteiger partial charge in [0.25, 0.3) is 0 Å². The summed E-state index contributed by atoms with van der Waals surface area (Å²) in [6, 6.07) is 10.1. The molecule has 0 atom stereocenters. The maximum Gasteiger partial charge on any atom is 1.00 e. The van der Waals surface area contributed by atoms with Gasteiger partial charge in [0.2, 0.25) is 0 Å². The quantitative estimate of drug-likeness (QED) is 0.173. The molecule has 0 aliphatic heterocycles. The molecule has 0 N–H and O–H groups in total. The van der Waals surface area contributed by atoms with Gasteiger partial charge in [0.1, 0.15) is 36.6 Å². The molecule has 35 heavy (non-hydrogen) atoms. The van der Waals surface area contributed by atoms with E-state index in [0.29, 0.717) is 12.2 Å². The molecule has 7 nitrogen and oxygen atoms in total. The summed E-state index contributed by atoms with van der Waals surface area (Å²) in [6.45, 7) is 2.21. The zero-order valence-electron chi connectivity index (χ0n) is 21.0. The first-order chi connectivity index (χ1) is 15.6. The van der Waals surface area contributed by atoms with Gasteiger partial charge in [-0.25, -0.2) is 16.8 Å². The second-order valence-corrected chi connectivity index (χ2v) is 10.8. The van der Waals surface area contributed by atoms with Crippen LogP contribution in [0, 0.1) is 0 Å². The summed E-state index contributed by atoms with van der Waals surface area (Å²) in [7, 11) is -10.5. The van der Waals surface area contributed by atoms with Gasteiger partial charge < -0.3 is 13.8 Å². The largest absolute Gasteiger partial charge is 1.00 e. The molecule has 0 aliphatic carbocycles. The maximum absolute atomic E-state index is 11.7. The van der Waals surface area contributed by atoms with Crippen molar-refractivity contribution in [2.24, 2.45) is 0 Å². The van der Waals surface area contributed by atoms with Crippen molar-refractivity contribution in [1.29, 1.82) is 0 Å². The summed E-state index contributed by atoms with van der Waals surface area (Å²) in [5, 5.41) is 0. The van der Waals surface area contributed by atoms with Crippen molar-refractivity contribution in [3.63, 3.8) is 0 Å². The summed E-state index contributed by atoms with van der Waals surface area (Å²) < 4.78 is 75.3. The molecule has 0 aromatic heterocycles. The number of para-hydroxylation sites is 1. The van der Waals surface area contributed by atoms with Gasteiger partial charge >= 0.3 is 59.1 Å². The minimum Gasteiger partial charge on any atom is -0.744 e. The van der Waals surface area contributed by atoms with Gasteiger partial charge in [-0.2, -0.15) is 0 Å². The molecule has 2 rings (SSSR count). The van der Waals surface area contributed by atoms with E-state index >= 15 is 0 Å². The van der Waals surface area contributed by atoms with Crippen LogP contribution >= 0.6 is 0 Å². The van der Waals surface area contributed by atoms with Crippen LogP contribution < -0.4 is 63.9 Å². The molecule has 0 fully saturated rings. The predicted octanol–water partition coefficient (Wildman–Crippen LogP) is -0.241. The van der Waals surface area contributed by atoms with Gasteiger partial charge in [0.15, 0.2) is 0 Å². The molecule has 0 saturated carbocycles. The Bertz CT molecular complexity index is 1100. The van der Waals surface area contributed by atoms with Crippen molar-refractivity contribution in [3.05, 3.63) is 48.0 Å². The van der Waals surface area contributed by atoms with Crippen molar-refractivity contribution in [3.8, 4) is 11.5 Å². The van der Waals surface area contributed by atoms with Gasteiger partial charge in [-0.1, -0.05) is 89.0 Å². The number of aryl methyl sites for hydroxylation is 1. The average Bonchev–Trinajstić information content (AvgIpc) is 2.74. The molecule has 0 bridgehead atoms. The van der Waals surface area contributed by atoms with Gasteiger partial charge in [0, 0.05) is 0 Å². The first kappa shape index (κ1) is 35.1. The van der Waals surface area contributed by atoms with E-state index in [4.69, 9.17) is 4.74 Å². The second-order valence-electron chi connectivity index (χ2n) is 8.13. The Morgan fingerprint density at radius 3 is 1.71 bits per heavy atom. The molecule has 2 aromatic carbocycles. The van der Waals surface area contributed by atoms with Crippen molar-refractivity contribution >= 4 is 20.2 Å². The third-order valence-electron chi connectivity index (χ3n) is 5.45. The van der Waals surface area contributed by atoms with Crippen LogP contribution in [0.1, 0.15) is 76.7 Å².